The molecule has 0 aliphatic carbocycles. The molecular formula is C6H11NO. The smallest absolute Gasteiger partial charge is 0.0943 e. The highest BCUT2D eigenvalue weighted by Crippen LogP contribution is 1.99. The molecule has 0 spiro atoms. The van der Waals surface area contributed by atoms with Gasteiger partial charge in [-0.2, -0.15) is 5.48 Å². The molecule has 1 heterocycles. The highest BCUT2D eigenvalue weighted by molar-refractivity contribution is 4.96. The van der Waals surface area contributed by atoms with E-state index in [0.29, 0.717) is 6.04 Å². The normalized spacial score (nSPS) is 37.8. The molecule has 2 nitrogen and oxygen atoms in total. The molecule has 0 aromatic heterocycles. The molecule has 2 heteroatoms. The van der Waals surface area contributed by atoms with Crippen LogP contribution in [-0.4, -0.2) is 12.1 Å². The van der Waals surface area contributed by atoms with Gasteiger partial charge in [0.1, 0.15) is 0 Å². The zero-order valence-corrected chi connectivity index (χ0v) is 5.22. The Labute approximate surface area is 49.5 Å². The molecule has 0 aromatic carbocycles. The van der Waals surface area contributed by atoms with Crippen LogP contribution in [0.3, 0.4) is 0 Å². The van der Waals surface area contributed by atoms with Crippen LogP contribution in [0.1, 0.15) is 13.8 Å². The van der Waals surface area contributed by atoms with E-state index < -0.39 is 0 Å². The lowest BCUT2D eigenvalue weighted by atomic mass is 10.2. The first-order chi connectivity index (χ1) is 3.79. The standard InChI is InChI=1S/C6H11NO/c1-5-3-4-6(2)8-7-5/h3-7H,1-2H3/t5-,6+/m0/s1. The van der Waals surface area contributed by atoms with Gasteiger partial charge >= 0.3 is 0 Å². The van der Waals surface area contributed by atoms with Crippen LogP contribution in [0.5, 0.6) is 0 Å². The van der Waals surface area contributed by atoms with Gasteiger partial charge in [-0.25, -0.2) is 0 Å². The highest BCUT2D eigenvalue weighted by Gasteiger charge is 2.05. The third kappa shape index (κ3) is 1.32. The maximum atomic E-state index is 5.05. The second kappa shape index (κ2) is 2.29. The van der Waals surface area contributed by atoms with Crippen LogP contribution >= 0.6 is 0 Å². The molecule has 1 aliphatic heterocycles. The summed E-state index contributed by atoms with van der Waals surface area (Å²) in [7, 11) is 0. The summed E-state index contributed by atoms with van der Waals surface area (Å²) in [6, 6.07) is 0.367. The van der Waals surface area contributed by atoms with E-state index in [1.807, 2.05) is 19.9 Å². The van der Waals surface area contributed by atoms with Crippen molar-refractivity contribution in [2.45, 2.75) is 26.0 Å². The molecule has 0 unspecified atom stereocenters. The summed E-state index contributed by atoms with van der Waals surface area (Å²) in [6.07, 6.45) is 4.36. The topological polar surface area (TPSA) is 21.3 Å². The first-order valence-electron chi connectivity index (χ1n) is 2.88. The van der Waals surface area contributed by atoms with Gasteiger partial charge in [0.25, 0.3) is 0 Å². The molecule has 0 saturated carbocycles. The average Bonchev–Trinajstić information content (AvgIpc) is 1.77. The summed E-state index contributed by atoms with van der Waals surface area (Å²) < 4.78 is 0. The molecule has 46 valence electrons. The van der Waals surface area contributed by atoms with E-state index in [1.54, 1.807) is 0 Å². The summed E-state index contributed by atoms with van der Waals surface area (Å²) in [5.41, 5.74) is 2.84. The second-order valence-electron chi connectivity index (χ2n) is 2.11. The maximum Gasteiger partial charge on any atom is 0.0943 e. The number of hydroxylamine groups is 1. The van der Waals surface area contributed by atoms with Crippen molar-refractivity contribution < 1.29 is 4.84 Å². The summed E-state index contributed by atoms with van der Waals surface area (Å²) >= 11 is 0. The van der Waals surface area contributed by atoms with Crippen molar-refractivity contribution >= 4 is 0 Å². The van der Waals surface area contributed by atoms with Gasteiger partial charge < -0.3 is 0 Å². The monoisotopic (exact) mass is 113 g/mol. The molecular weight excluding hydrogens is 102 g/mol. The molecule has 0 fully saturated rings. The fraction of sp³-hybridized carbons (Fsp3) is 0.667. The van der Waals surface area contributed by atoms with Crippen LogP contribution < -0.4 is 5.48 Å². The van der Waals surface area contributed by atoms with E-state index in [9.17, 15) is 0 Å². The van der Waals surface area contributed by atoms with Crippen molar-refractivity contribution in [2.75, 3.05) is 0 Å². The summed E-state index contributed by atoms with van der Waals surface area (Å²) in [5.74, 6) is 0. The SMILES string of the molecule is C[C@@H]1C=C[C@H](C)NO1. The minimum absolute atomic E-state index is 0.228. The molecule has 2 atom stereocenters. The Bertz CT molecular complexity index is 88.7. The Morgan fingerprint density at radius 1 is 1.38 bits per heavy atom. The third-order valence-electron chi connectivity index (χ3n) is 1.11. The Hall–Kier alpha value is -0.340. The zero-order chi connectivity index (χ0) is 5.98. The van der Waals surface area contributed by atoms with Gasteiger partial charge in [0.15, 0.2) is 0 Å². The lowest BCUT2D eigenvalue weighted by Gasteiger charge is -2.18. The molecule has 1 aliphatic rings. The first kappa shape index (κ1) is 5.79. The van der Waals surface area contributed by atoms with Gasteiger partial charge in [0.2, 0.25) is 0 Å². The van der Waals surface area contributed by atoms with E-state index >= 15 is 0 Å². The molecule has 1 N–H and O–H groups in total. The average molecular weight is 113 g/mol. The summed E-state index contributed by atoms with van der Waals surface area (Å²) in [6.45, 7) is 4.04. The lowest BCUT2D eigenvalue weighted by molar-refractivity contribution is -0.00975. The van der Waals surface area contributed by atoms with Crippen molar-refractivity contribution in [3.8, 4) is 0 Å². The first-order valence-corrected chi connectivity index (χ1v) is 2.88. The minimum Gasteiger partial charge on any atom is -0.294 e. The van der Waals surface area contributed by atoms with Crippen LogP contribution in [0.4, 0.5) is 0 Å². The van der Waals surface area contributed by atoms with Crippen molar-refractivity contribution in [2.24, 2.45) is 0 Å². The third-order valence-corrected chi connectivity index (χ3v) is 1.11. The van der Waals surface area contributed by atoms with Crippen molar-refractivity contribution in [3.63, 3.8) is 0 Å². The van der Waals surface area contributed by atoms with Crippen molar-refractivity contribution in [3.05, 3.63) is 12.2 Å². The van der Waals surface area contributed by atoms with Crippen molar-refractivity contribution in [1.29, 1.82) is 0 Å². The van der Waals surface area contributed by atoms with Crippen LogP contribution in [0, 0.1) is 0 Å². The fourth-order valence-corrected chi connectivity index (χ4v) is 0.616. The van der Waals surface area contributed by atoms with E-state index in [4.69, 9.17) is 4.84 Å². The summed E-state index contributed by atoms with van der Waals surface area (Å²) in [4.78, 5) is 5.05. The van der Waals surface area contributed by atoms with Crippen LogP contribution in [-0.2, 0) is 4.84 Å². The van der Waals surface area contributed by atoms with Gasteiger partial charge in [-0.1, -0.05) is 12.2 Å². The fourth-order valence-electron chi connectivity index (χ4n) is 0.616. The zero-order valence-electron chi connectivity index (χ0n) is 5.22. The quantitative estimate of drug-likeness (QED) is 0.470. The molecule has 0 saturated heterocycles. The molecule has 0 aromatic rings. The molecule has 0 radical (unpaired) electrons. The van der Waals surface area contributed by atoms with Gasteiger partial charge in [-0.05, 0) is 13.8 Å². The number of hydrogen-bond acceptors (Lipinski definition) is 2. The van der Waals surface area contributed by atoms with Gasteiger partial charge in [0, 0.05) is 6.04 Å². The van der Waals surface area contributed by atoms with Crippen LogP contribution in [0.15, 0.2) is 12.2 Å². The van der Waals surface area contributed by atoms with Gasteiger partial charge in [0.05, 0.1) is 6.10 Å². The summed E-state index contributed by atoms with van der Waals surface area (Å²) in [5, 5.41) is 0. The van der Waals surface area contributed by atoms with Gasteiger partial charge in [-0.3, -0.25) is 4.84 Å². The van der Waals surface area contributed by atoms with E-state index in [-0.39, 0.29) is 6.10 Å². The van der Waals surface area contributed by atoms with E-state index in [1.165, 1.54) is 0 Å². The maximum absolute atomic E-state index is 5.05. The number of rotatable bonds is 0. The molecule has 1 rings (SSSR count). The molecule has 8 heavy (non-hydrogen) atoms. The largest absolute Gasteiger partial charge is 0.294 e. The second-order valence-corrected chi connectivity index (χ2v) is 2.11. The molecule has 0 bridgehead atoms. The van der Waals surface area contributed by atoms with Crippen LogP contribution in [0.2, 0.25) is 0 Å². The predicted molar refractivity (Wildman–Crippen MR) is 32.3 cm³/mol. The van der Waals surface area contributed by atoms with Crippen molar-refractivity contribution in [1.82, 2.24) is 5.48 Å². The lowest BCUT2D eigenvalue weighted by Crippen LogP contribution is -2.31. The van der Waals surface area contributed by atoms with E-state index in [2.05, 4.69) is 11.6 Å². The minimum atomic E-state index is 0.228. The predicted octanol–water partition coefficient (Wildman–Crippen LogP) is 0.854. The van der Waals surface area contributed by atoms with Gasteiger partial charge in [-0.15, -0.1) is 0 Å². The van der Waals surface area contributed by atoms with E-state index in [0.717, 1.165) is 0 Å². The molecule has 0 amide bonds. The Kier molecular flexibility index (Phi) is 1.65. The number of hydrogen-bond donors (Lipinski definition) is 1. The Morgan fingerprint density at radius 2 is 2.12 bits per heavy atom. The Morgan fingerprint density at radius 3 is 2.50 bits per heavy atom. The highest BCUT2D eigenvalue weighted by atomic mass is 16.7. The number of nitrogens with one attached hydrogen (secondary N) is 1. The Balaban J connectivity index is 2.42. The van der Waals surface area contributed by atoms with Crippen LogP contribution in [0.25, 0.3) is 0 Å².